The van der Waals surface area contributed by atoms with Crippen molar-refractivity contribution >= 4 is 28.1 Å². The first-order valence-corrected chi connectivity index (χ1v) is 10.5. The number of fused-ring (bicyclic) bond motifs is 1. The molecule has 2 amide bonds. The molecule has 1 fully saturated rings. The minimum atomic E-state index is -1.12. The van der Waals surface area contributed by atoms with Crippen molar-refractivity contribution in [2.75, 3.05) is 32.7 Å². The fourth-order valence-corrected chi connectivity index (χ4v) is 4.10. The Morgan fingerprint density at radius 1 is 1.10 bits per heavy atom. The van der Waals surface area contributed by atoms with Gasteiger partial charge in [0.2, 0.25) is 5.91 Å². The summed E-state index contributed by atoms with van der Waals surface area (Å²) >= 11 is 1.40. The van der Waals surface area contributed by atoms with Crippen molar-refractivity contribution in [2.45, 2.75) is 6.54 Å². The summed E-state index contributed by atoms with van der Waals surface area (Å²) < 4.78 is 27.7. The zero-order chi connectivity index (χ0) is 22.0. The second-order valence-corrected chi connectivity index (χ2v) is 7.98. The number of amides is 2. The zero-order valence-corrected chi connectivity index (χ0v) is 17.2. The van der Waals surface area contributed by atoms with Crippen LogP contribution in [0.5, 0.6) is 0 Å². The summed E-state index contributed by atoms with van der Waals surface area (Å²) in [5, 5.41) is 4.24. The van der Waals surface area contributed by atoms with Gasteiger partial charge in [0.15, 0.2) is 16.6 Å². The first kappa shape index (κ1) is 21.1. The topological polar surface area (TPSA) is 87.0 Å². The SMILES string of the molecule is O=C(NCC(=O)N1CCN(Cc2cc(=O)n3ccsc3n2)CC1)c1ccc(F)c(F)c1. The number of halogens is 2. The Bertz CT molecular complexity index is 1190. The molecule has 162 valence electrons. The lowest BCUT2D eigenvalue weighted by molar-refractivity contribution is -0.131. The first-order chi connectivity index (χ1) is 14.9. The van der Waals surface area contributed by atoms with Gasteiger partial charge >= 0.3 is 0 Å². The quantitative estimate of drug-likeness (QED) is 0.633. The second kappa shape index (κ2) is 8.90. The van der Waals surface area contributed by atoms with E-state index in [1.54, 1.807) is 11.1 Å². The monoisotopic (exact) mass is 447 g/mol. The van der Waals surface area contributed by atoms with Gasteiger partial charge in [-0.05, 0) is 18.2 Å². The van der Waals surface area contributed by atoms with Crippen molar-refractivity contribution in [3.05, 3.63) is 69.1 Å². The molecular weight excluding hydrogens is 428 g/mol. The molecule has 0 saturated carbocycles. The lowest BCUT2D eigenvalue weighted by atomic mass is 10.2. The fraction of sp³-hybridized carbons (Fsp3) is 0.300. The predicted octanol–water partition coefficient (Wildman–Crippen LogP) is 1.11. The van der Waals surface area contributed by atoms with Crippen LogP contribution in [0, 0.1) is 11.6 Å². The smallest absolute Gasteiger partial charge is 0.258 e. The Kier molecular flexibility index (Phi) is 6.05. The number of nitrogens with one attached hydrogen (secondary N) is 1. The van der Waals surface area contributed by atoms with Crippen LogP contribution in [-0.2, 0) is 11.3 Å². The van der Waals surface area contributed by atoms with E-state index in [9.17, 15) is 23.2 Å². The lowest BCUT2D eigenvalue weighted by Gasteiger charge is -2.34. The average molecular weight is 447 g/mol. The van der Waals surface area contributed by atoms with E-state index in [1.807, 2.05) is 5.38 Å². The van der Waals surface area contributed by atoms with E-state index in [2.05, 4.69) is 15.2 Å². The number of hydrogen-bond acceptors (Lipinski definition) is 6. The number of benzene rings is 1. The molecule has 1 aromatic carbocycles. The van der Waals surface area contributed by atoms with E-state index in [1.165, 1.54) is 21.8 Å². The lowest BCUT2D eigenvalue weighted by Crippen LogP contribution is -2.51. The Labute approximate surface area is 179 Å². The number of aromatic nitrogens is 2. The van der Waals surface area contributed by atoms with Crippen molar-refractivity contribution in [3.63, 3.8) is 0 Å². The van der Waals surface area contributed by atoms with Gasteiger partial charge < -0.3 is 10.2 Å². The molecule has 1 aliphatic heterocycles. The normalized spacial score (nSPS) is 14.7. The van der Waals surface area contributed by atoms with Gasteiger partial charge in [0.05, 0.1) is 12.2 Å². The maximum atomic E-state index is 13.2. The van der Waals surface area contributed by atoms with Crippen LogP contribution < -0.4 is 10.9 Å². The molecule has 11 heteroatoms. The number of nitrogens with zero attached hydrogens (tertiary/aromatic N) is 4. The van der Waals surface area contributed by atoms with Crippen LogP contribution in [0.1, 0.15) is 16.1 Å². The molecule has 1 N–H and O–H groups in total. The third-order valence-electron chi connectivity index (χ3n) is 5.05. The highest BCUT2D eigenvalue weighted by Crippen LogP contribution is 2.11. The first-order valence-electron chi connectivity index (χ1n) is 9.60. The van der Waals surface area contributed by atoms with Gasteiger partial charge in [-0.25, -0.2) is 13.8 Å². The molecular formula is C20H19F2N5O3S. The van der Waals surface area contributed by atoms with Crippen molar-refractivity contribution < 1.29 is 18.4 Å². The average Bonchev–Trinajstić information content (AvgIpc) is 3.23. The number of thiazole rings is 1. The van der Waals surface area contributed by atoms with Crippen LogP contribution in [0.15, 0.2) is 40.6 Å². The number of carbonyl (C=O) groups excluding carboxylic acids is 2. The van der Waals surface area contributed by atoms with E-state index in [4.69, 9.17) is 0 Å². The highest BCUT2D eigenvalue weighted by Gasteiger charge is 2.22. The van der Waals surface area contributed by atoms with Crippen molar-refractivity contribution in [1.29, 1.82) is 0 Å². The molecule has 3 aromatic rings. The number of carbonyl (C=O) groups is 2. The number of rotatable bonds is 5. The van der Waals surface area contributed by atoms with Gasteiger partial charge in [0.25, 0.3) is 11.5 Å². The fourth-order valence-electron chi connectivity index (χ4n) is 3.36. The summed E-state index contributed by atoms with van der Waals surface area (Å²) in [7, 11) is 0. The Hall–Kier alpha value is -3.18. The molecule has 0 radical (unpaired) electrons. The molecule has 31 heavy (non-hydrogen) atoms. The van der Waals surface area contributed by atoms with Crippen molar-refractivity contribution in [3.8, 4) is 0 Å². The summed E-state index contributed by atoms with van der Waals surface area (Å²) in [5.74, 6) is -3.06. The molecule has 3 heterocycles. The van der Waals surface area contributed by atoms with Crippen LogP contribution in [0.25, 0.3) is 4.96 Å². The summed E-state index contributed by atoms with van der Waals surface area (Å²) in [4.78, 5) is 45.4. The summed E-state index contributed by atoms with van der Waals surface area (Å²) in [6.45, 7) is 2.44. The molecule has 8 nitrogen and oxygen atoms in total. The summed E-state index contributed by atoms with van der Waals surface area (Å²) in [5.41, 5.74) is 0.514. The van der Waals surface area contributed by atoms with Crippen LogP contribution in [0.3, 0.4) is 0 Å². The highest BCUT2D eigenvalue weighted by atomic mass is 32.1. The largest absolute Gasteiger partial charge is 0.343 e. The van der Waals surface area contributed by atoms with Crippen molar-refractivity contribution in [1.82, 2.24) is 24.5 Å². The summed E-state index contributed by atoms with van der Waals surface area (Å²) in [6, 6.07) is 4.33. The minimum absolute atomic E-state index is 0.0531. The van der Waals surface area contributed by atoms with Gasteiger partial charge in [0, 0.05) is 55.9 Å². The van der Waals surface area contributed by atoms with Crippen LogP contribution in [0.4, 0.5) is 8.78 Å². The third-order valence-corrected chi connectivity index (χ3v) is 5.81. The molecule has 0 spiro atoms. The summed E-state index contributed by atoms with van der Waals surface area (Å²) in [6.07, 6.45) is 1.69. The van der Waals surface area contributed by atoms with E-state index in [-0.39, 0.29) is 23.6 Å². The van der Waals surface area contributed by atoms with E-state index >= 15 is 0 Å². The number of hydrogen-bond donors (Lipinski definition) is 1. The third kappa shape index (κ3) is 4.78. The van der Waals surface area contributed by atoms with E-state index < -0.39 is 17.5 Å². The Morgan fingerprint density at radius 2 is 1.87 bits per heavy atom. The molecule has 4 rings (SSSR count). The maximum absolute atomic E-state index is 13.2. The Balaban J connectivity index is 1.27. The standard InChI is InChI=1S/C20H19F2N5O3S/c21-15-2-1-13(9-16(15)22)19(30)23-11-18(29)26-5-3-25(4-6-26)12-14-10-17(28)27-7-8-31-20(27)24-14/h1-2,7-10H,3-6,11-12H2,(H,23,30). The van der Waals surface area contributed by atoms with Gasteiger partial charge in [-0.3, -0.25) is 23.7 Å². The molecule has 2 aromatic heterocycles. The van der Waals surface area contributed by atoms with E-state index in [0.717, 1.165) is 18.2 Å². The molecule has 0 atom stereocenters. The molecule has 0 unspecified atom stereocenters. The van der Waals surface area contributed by atoms with Gasteiger partial charge in [-0.1, -0.05) is 0 Å². The Morgan fingerprint density at radius 3 is 2.61 bits per heavy atom. The van der Waals surface area contributed by atoms with Gasteiger partial charge in [0.1, 0.15) is 0 Å². The van der Waals surface area contributed by atoms with Crippen LogP contribution in [0.2, 0.25) is 0 Å². The van der Waals surface area contributed by atoms with Gasteiger partial charge in [-0.15, -0.1) is 11.3 Å². The maximum Gasteiger partial charge on any atom is 0.258 e. The highest BCUT2D eigenvalue weighted by molar-refractivity contribution is 7.15. The molecule has 1 aliphatic rings. The second-order valence-electron chi connectivity index (χ2n) is 7.11. The van der Waals surface area contributed by atoms with Crippen LogP contribution in [-0.4, -0.2) is 63.7 Å². The van der Waals surface area contributed by atoms with E-state index in [0.29, 0.717) is 43.4 Å². The minimum Gasteiger partial charge on any atom is -0.343 e. The zero-order valence-electron chi connectivity index (χ0n) is 16.4. The molecule has 0 bridgehead atoms. The number of piperazine rings is 1. The molecule has 0 aliphatic carbocycles. The molecule has 1 saturated heterocycles. The predicted molar refractivity (Wildman–Crippen MR) is 110 cm³/mol. The van der Waals surface area contributed by atoms with Crippen LogP contribution >= 0.6 is 11.3 Å². The van der Waals surface area contributed by atoms with Gasteiger partial charge in [-0.2, -0.15) is 0 Å². The van der Waals surface area contributed by atoms with Crippen molar-refractivity contribution in [2.24, 2.45) is 0 Å².